The number of hydrogen-bond acceptors (Lipinski definition) is 10. The summed E-state index contributed by atoms with van der Waals surface area (Å²) < 4.78 is 5.54. The quantitative estimate of drug-likeness (QED) is 0.185. The number of anilines is 2. The molecule has 0 spiro atoms. The van der Waals surface area contributed by atoms with E-state index in [1.165, 1.54) is 17.9 Å². The van der Waals surface area contributed by atoms with E-state index in [0.29, 0.717) is 27.7 Å². The number of fused-ring (bicyclic) bond motifs is 3. The van der Waals surface area contributed by atoms with Crippen molar-refractivity contribution >= 4 is 46.4 Å². The average Bonchev–Trinajstić information content (AvgIpc) is 3.51. The number of methoxy groups -OCH3 is 1. The number of amides is 3. The minimum Gasteiger partial charge on any atom is -0.497 e. The van der Waals surface area contributed by atoms with Gasteiger partial charge in [-0.3, -0.25) is 19.4 Å². The molecule has 0 bridgehead atoms. The summed E-state index contributed by atoms with van der Waals surface area (Å²) in [5.74, 6) is -0.590. The number of nitrogens with one attached hydrogen (secondary N) is 4. The number of nitrogens with zero attached hydrogens (tertiary/aromatic N) is 3. The normalized spacial score (nSPS) is 24.8. The lowest BCUT2D eigenvalue weighted by Gasteiger charge is -2.31. The Balaban J connectivity index is 1.13. The van der Waals surface area contributed by atoms with Gasteiger partial charge in [0.25, 0.3) is 11.8 Å². The molecule has 252 valence electrons. The number of carbonyl (C=O) groups excluding carboxylic acids is 3. The number of carbonyl (C=O) groups is 3. The molecule has 2 saturated heterocycles. The Morgan fingerprint density at radius 1 is 1.08 bits per heavy atom. The van der Waals surface area contributed by atoms with Crippen LogP contribution in [0.4, 0.5) is 11.4 Å². The highest BCUT2D eigenvalue weighted by Gasteiger charge is 2.48. The first-order valence-corrected chi connectivity index (χ1v) is 16.0. The van der Waals surface area contributed by atoms with Crippen LogP contribution in [0.1, 0.15) is 41.8 Å². The first-order valence-electron chi connectivity index (χ1n) is 15.6. The molecule has 0 aromatic heterocycles. The molecular weight excluding hydrogens is 638 g/mol. The third-order valence-corrected chi connectivity index (χ3v) is 9.04. The highest BCUT2D eigenvalue weighted by Crippen LogP contribution is 2.36. The number of hydrazine groups is 1. The van der Waals surface area contributed by atoms with E-state index in [9.17, 15) is 24.6 Å². The summed E-state index contributed by atoms with van der Waals surface area (Å²) in [4.78, 5) is 47.2. The van der Waals surface area contributed by atoms with Crippen LogP contribution in [0.5, 0.6) is 5.75 Å². The Morgan fingerprint density at radius 2 is 1.83 bits per heavy atom. The van der Waals surface area contributed by atoms with E-state index < -0.39 is 29.6 Å². The predicted octanol–water partition coefficient (Wildman–Crippen LogP) is 1.55. The number of halogens is 1. The molecule has 6 rings (SSSR count). The predicted molar refractivity (Wildman–Crippen MR) is 181 cm³/mol. The summed E-state index contributed by atoms with van der Waals surface area (Å²) in [5.41, 5.74) is 9.03. The van der Waals surface area contributed by atoms with Gasteiger partial charge in [-0.2, -0.15) is 0 Å². The molecule has 3 aliphatic heterocycles. The Hall–Kier alpha value is -4.53. The van der Waals surface area contributed by atoms with E-state index in [1.54, 1.807) is 37.4 Å². The van der Waals surface area contributed by atoms with E-state index in [-0.39, 0.29) is 44.3 Å². The highest BCUT2D eigenvalue weighted by molar-refractivity contribution is 6.30. The topological polar surface area (TPSA) is 168 Å². The molecule has 2 unspecified atom stereocenters. The number of hydrogen-bond donors (Lipinski definition) is 6. The molecule has 3 aromatic rings. The van der Waals surface area contributed by atoms with Gasteiger partial charge in [0.15, 0.2) is 6.10 Å². The maximum atomic E-state index is 13.3. The van der Waals surface area contributed by atoms with Gasteiger partial charge >= 0.3 is 0 Å². The van der Waals surface area contributed by atoms with Crippen LogP contribution in [-0.2, 0) is 9.59 Å². The molecule has 5 atom stereocenters. The second kappa shape index (κ2) is 13.5. The standard InChI is InChI=1S/C34H38ClN7O6/c1-19-39-40-31-26(38-29(20-7-9-22(35)10-8-20)25-16-24(48-3)11-12-27(25)42(19)31)17-28(43)36-13-14-37-32(45)21-5-4-6-23(15-21)41-18-34(2,47)30(44)33(41)46/h4-12,15-16,19,26,30-31,39-40,44,47H,13-14,17-18H2,1-3H3,(H,36,43)(H,37,45)/t19?,26-,30-,31?,34+/m0/s1. The second-order valence-corrected chi connectivity index (χ2v) is 12.7. The molecule has 14 heteroatoms. The zero-order valence-corrected chi connectivity index (χ0v) is 27.5. The second-order valence-electron chi connectivity index (χ2n) is 12.3. The van der Waals surface area contributed by atoms with Gasteiger partial charge in [-0.25, -0.2) is 10.9 Å². The van der Waals surface area contributed by atoms with Gasteiger partial charge in [-0.15, -0.1) is 0 Å². The van der Waals surface area contributed by atoms with Crippen molar-refractivity contribution in [2.24, 2.45) is 4.99 Å². The number of aliphatic hydroxyl groups is 2. The number of rotatable bonds is 9. The van der Waals surface area contributed by atoms with Crippen molar-refractivity contribution in [1.82, 2.24) is 21.5 Å². The van der Waals surface area contributed by atoms with Crippen molar-refractivity contribution in [3.8, 4) is 5.75 Å². The van der Waals surface area contributed by atoms with Crippen LogP contribution in [0.25, 0.3) is 0 Å². The van der Waals surface area contributed by atoms with Crippen molar-refractivity contribution in [3.05, 3.63) is 88.4 Å². The zero-order valence-electron chi connectivity index (χ0n) is 26.7. The lowest BCUT2D eigenvalue weighted by molar-refractivity contribution is -0.130. The minimum absolute atomic E-state index is 0.0697. The fraction of sp³-hybridized carbons (Fsp3) is 0.353. The Morgan fingerprint density at radius 3 is 2.54 bits per heavy atom. The van der Waals surface area contributed by atoms with Crippen LogP contribution < -0.4 is 36.0 Å². The fourth-order valence-corrected chi connectivity index (χ4v) is 6.38. The first-order chi connectivity index (χ1) is 23.0. The zero-order chi connectivity index (χ0) is 34.2. The maximum absolute atomic E-state index is 13.3. The minimum atomic E-state index is -1.59. The van der Waals surface area contributed by atoms with Crippen molar-refractivity contribution in [1.29, 1.82) is 0 Å². The Bertz CT molecular complexity index is 1750. The molecule has 48 heavy (non-hydrogen) atoms. The van der Waals surface area contributed by atoms with E-state index in [4.69, 9.17) is 21.3 Å². The van der Waals surface area contributed by atoms with Crippen LogP contribution in [0.15, 0.2) is 71.7 Å². The summed E-state index contributed by atoms with van der Waals surface area (Å²) in [6.45, 7) is 3.65. The van der Waals surface area contributed by atoms with Gasteiger partial charge in [-0.05, 0) is 62.4 Å². The lowest BCUT2D eigenvalue weighted by atomic mass is 9.99. The first kappa shape index (κ1) is 33.4. The molecule has 0 aliphatic carbocycles. The smallest absolute Gasteiger partial charge is 0.258 e. The SMILES string of the molecule is COc1ccc2c(c1)C(c1ccc(Cl)cc1)=N[C@@H](CC(=O)NCCNC(=O)c1cccc(N3C[C@@](C)(O)[C@@H](O)C3=O)c1)C1NNC(C)N21. The van der Waals surface area contributed by atoms with Gasteiger partial charge in [0.05, 0.1) is 38.0 Å². The number of aliphatic hydroxyl groups excluding tert-OH is 1. The highest BCUT2D eigenvalue weighted by atomic mass is 35.5. The molecule has 13 nitrogen and oxygen atoms in total. The van der Waals surface area contributed by atoms with Crippen LogP contribution in [0, 0.1) is 0 Å². The van der Waals surface area contributed by atoms with E-state index in [2.05, 4.69) is 26.4 Å². The van der Waals surface area contributed by atoms with E-state index in [0.717, 1.165) is 16.8 Å². The third-order valence-electron chi connectivity index (χ3n) is 8.79. The van der Waals surface area contributed by atoms with Crippen molar-refractivity contribution in [2.75, 3.05) is 36.5 Å². The summed E-state index contributed by atoms with van der Waals surface area (Å²) in [7, 11) is 1.61. The Labute approximate surface area is 282 Å². The van der Waals surface area contributed by atoms with Crippen LogP contribution in [0.3, 0.4) is 0 Å². The lowest BCUT2D eigenvalue weighted by Crippen LogP contribution is -2.48. The van der Waals surface area contributed by atoms with Crippen LogP contribution >= 0.6 is 11.6 Å². The maximum Gasteiger partial charge on any atom is 0.258 e. The summed E-state index contributed by atoms with van der Waals surface area (Å²) in [5, 5.41) is 26.6. The van der Waals surface area contributed by atoms with Gasteiger partial charge < -0.3 is 35.4 Å². The van der Waals surface area contributed by atoms with Gasteiger partial charge in [0.2, 0.25) is 5.91 Å². The summed E-state index contributed by atoms with van der Waals surface area (Å²) in [6.07, 6.45) is -1.90. The van der Waals surface area contributed by atoms with Crippen molar-refractivity contribution in [3.63, 3.8) is 0 Å². The number of β-amino-alcohol motifs (C(OH)–C–C–N with tert-alkyl or cyclic N) is 1. The molecule has 3 amide bonds. The average molecular weight is 676 g/mol. The molecular formula is C34H38ClN7O6. The monoisotopic (exact) mass is 675 g/mol. The number of ether oxygens (including phenoxy) is 1. The van der Waals surface area contributed by atoms with Crippen LogP contribution in [-0.4, -0.2) is 90.5 Å². The van der Waals surface area contributed by atoms with Gasteiger partial charge in [-0.1, -0.05) is 29.8 Å². The van der Waals surface area contributed by atoms with E-state index >= 15 is 0 Å². The molecule has 0 saturated carbocycles. The van der Waals surface area contributed by atoms with Crippen molar-refractivity contribution in [2.45, 2.75) is 50.3 Å². The number of benzene rings is 3. The fourth-order valence-electron chi connectivity index (χ4n) is 6.26. The molecule has 0 radical (unpaired) electrons. The largest absolute Gasteiger partial charge is 0.497 e. The Kier molecular flexibility index (Phi) is 9.41. The molecule has 6 N–H and O–H groups in total. The summed E-state index contributed by atoms with van der Waals surface area (Å²) >= 11 is 6.20. The third kappa shape index (κ3) is 6.60. The molecule has 3 heterocycles. The molecule has 3 aliphatic rings. The summed E-state index contributed by atoms with van der Waals surface area (Å²) in [6, 6.07) is 19.1. The van der Waals surface area contributed by atoms with Gasteiger partial charge in [0.1, 0.15) is 17.5 Å². The number of aliphatic imine (C=N–C) groups is 1. The van der Waals surface area contributed by atoms with Crippen LogP contribution in [0.2, 0.25) is 5.02 Å². The molecule has 2 fully saturated rings. The van der Waals surface area contributed by atoms with Gasteiger partial charge in [0, 0.05) is 46.2 Å². The molecule has 3 aromatic carbocycles. The van der Waals surface area contributed by atoms with E-state index in [1.807, 2.05) is 37.3 Å². The van der Waals surface area contributed by atoms with Crippen molar-refractivity contribution < 1.29 is 29.3 Å².